The molecule has 0 unspecified atom stereocenters. The van der Waals surface area contributed by atoms with E-state index >= 15 is 0 Å². The summed E-state index contributed by atoms with van der Waals surface area (Å²) in [5.74, 6) is 1.08. The van der Waals surface area contributed by atoms with Crippen LogP contribution in [-0.4, -0.2) is 44.0 Å². The number of nitrogens with two attached hydrogens (primary N) is 1. The molecule has 0 radical (unpaired) electrons. The minimum atomic E-state index is -0.653. The highest BCUT2D eigenvalue weighted by atomic mass is 16.5. The highest BCUT2D eigenvalue weighted by Crippen LogP contribution is 2.41. The lowest BCUT2D eigenvalue weighted by Crippen LogP contribution is -2.21. The second-order valence-electron chi connectivity index (χ2n) is 7.86. The van der Waals surface area contributed by atoms with Crippen LogP contribution in [0.1, 0.15) is 40.3 Å². The molecule has 2 heterocycles. The van der Waals surface area contributed by atoms with Crippen LogP contribution in [0.5, 0.6) is 23.0 Å². The number of H-pyrrole nitrogens is 2. The Balaban J connectivity index is 1.80. The molecule has 2 aromatic carbocycles. The van der Waals surface area contributed by atoms with Gasteiger partial charge in [0, 0.05) is 48.1 Å². The molecule has 0 spiro atoms. The Labute approximate surface area is 190 Å². The number of rotatable bonds is 9. The van der Waals surface area contributed by atoms with E-state index in [1.54, 1.807) is 12.1 Å². The molecule has 9 nitrogen and oxygen atoms in total. The minimum Gasteiger partial charge on any atom is -0.496 e. The van der Waals surface area contributed by atoms with Gasteiger partial charge in [-0.05, 0) is 23.3 Å². The van der Waals surface area contributed by atoms with E-state index in [1.165, 1.54) is 21.3 Å². The van der Waals surface area contributed by atoms with Gasteiger partial charge in [-0.1, -0.05) is 12.1 Å². The zero-order valence-corrected chi connectivity index (χ0v) is 18.8. The van der Waals surface area contributed by atoms with Gasteiger partial charge in [-0.25, -0.2) is 0 Å². The van der Waals surface area contributed by atoms with Gasteiger partial charge in [0.25, 0.3) is 5.56 Å². The number of hydrogen-bond acceptors (Lipinski definition) is 6. The molecule has 0 fully saturated rings. The third-order valence-corrected chi connectivity index (χ3v) is 5.90. The van der Waals surface area contributed by atoms with Gasteiger partial charge in [0.1, 0.15) is 11.5 Å². The van der Waals surface area contributed by atoms with Crippen molar-refractivity contribution >= 4 is 5.91 Å². The lowest BCUT2D eigenvalue weighted by atomic mass is 9.86. The van der Waals surface area contributed by atoms with Gasteiger partial charge in [-0.2, -0.15) is 0 Å². The van der Waals surface area contributed by atoms with Crippen LogP contribution in [0.2, 0.25) is 0 Å². The van der Waals surface area contributed by atoms with Crippen molar-refractivity contribution in [2.75, 3.05) is 27.9 Å². The largest absolute Gasteiger partial charge is 0.496 e. The molecule has 1 amide bonds. The molecular weight excluding hydrogens is 426 g/mol. The molecule has 9 heteroatoms. The van der Waals surface area contributed by atoms with Gasteiger partial charge in [-0.3, -0.25) is 14.7 Å². The maximum Gasteiger partial charge on any atom is 0.267 e. The Morgan fingerprint density at radius 2 is 1.79 bits per heavy atom. The Bertz CT molecular complexity index is 1230. The van der Waals surface area contributed by atoms with Crippen molar-refractivity contribution in [3.05, 3.63) is 68.6 Å². The number of methoxy groups -OCH3 is 3. The normalized spacial score (nSPS) is 13.2. The second kappa shape index (κ2) is 9.32. The molecular formula is C24H27N3O6. The van der Waals surface area contributed by atoms with Gasteiger partial charge in [0.2, 0.25) is 5.91 Å². The summed E-state index contributed by atoms with van der Waals surface area (Å²) in [6, 6.07) is 9.38. The van der Waals surface area contributed by atoms with Gasteiger partial charge in [-0.15, -0.1) is 0 Å². The maximum atomic E-state index is 12.9. The molecule has 174 valence electrons. The molecule has 1 atom stereocenters. The number of aromatic nitrogens is 2. The maximum absolute atomic E-state index is 12.9. The molecule has 4 N–H and O–H groups in total. The lowest BCUT2D eigenvalue weighted by Gasteiger charge is -2.21. The molecule has 0 saturated carbocycles. The van der Waals surface area contributed by atoms with E-state index in [4.69, 9.17) is 24.7 Å². The molecule has 4 rings (SSSR count). The number of ether oxygens (including phenoxy) is 4. The molecule has 1 aliphatic heterocycles. The number of primary amides is 1. The predicted molar refractivity (Wildman–Crippen MR) is 122 cm³/mol. The van der Waals surface area contributed by atoms with Crippen molar-refractivity contribution in [3.63, 3.8) is 0 Å². The molecule has 0 bridgehead atoms. The van der Waals surface area contributed by atoms with Gasteiger partial charge in [0.05, 0.1) is 27.9 Å². The second-order valence-corrected chi connectivity index (χ2v) is 7.86. The van der Waals surface area contributed by atoms with E-state index in [2.05, 4.69) is 16.3 Å². The van der Waals surface area contributed by atoms with Gasteiger partial charge < -0.3 is 29.8 Å². The minimum absolute atomic E-state index is 0.0855. The Morgan fingerprint density at radius 1 is 1.06 bits per heavy atom. The first-order valence-corrected chi connectivity index (χ1v) is 10.6. The Kier molecular flexibility index (Phi) is 6.30. The van der Waals surface area contributed by atoms with Crippen LogP contribution in [0, 0.1) is 0 Å². The number of aromatic amines is 2. The van der Waals surface area contributed by atoms with Crippen LogP contribution in [0.15, 0.2) is 35.1 Å². The van der Waals surface area contributed by atoms with Gasteiger partial charge in [0.15, 0.2) is 11.5 Å². The van der Waals surface area contributed by atoms with Crippen molar-refractivity contribution in [3.8, 4) is 23.0 Å². The standard InChI is InChI=1S/C24H27N3O6/c1-30-19-12-21(32-3)20(31-2)10-15(19)16(11-22(25)28)23-17(26-27-24(23)29)9-13-4-5-18-14(8-13)6-7-33-18/h4-5,8,10,12,16H,6-7,9,11H2,1-3H3,(H2,25,28)(H2,26,27,29)/t16-/m1/s1. The SMILES string of the molecule is COc1cc(OC)c([C@@H](CC(N)=O)c2c(Cc3ccc4c(c3)CCO4)[nH][nH]c2=O)cc1OC. The van der Waals surface area contributed by atoms with E-state index < -0.39 is 11.8 Å². The first kappa shape index (κ1) is 22.3. The predicted octanol–water partition coefficient (Wildman–Crippen LogP) is 2.26. The zero-order valence-electron chi connectivity index (χ0n) is 18.8. The molecule has 3 aromatic rings. The van der Waals surface area contributed by atoms with Crippen molar-refractivity contribution in [1.82, 2.24) is 10.2 Å². The van der Waals surface area contributed by atoms with E-state index in [0.29, 0.717) is 47.1 Å². The number of benzene rings is 2. The number of fused-ring (bicyclic) bond motifs is 1. The summed E-state index contributed by atoms with van der Waals surface area (Å²) in [5.41, 5.74) is 9.13. The van der Waals surface area contributed by atoms with E-state index in [1.807, 2.05) is 12.1 Å². The van der Waals surface area contributed by atoms with Crippen molar-refractivity contribution < 1.29 is 23.7 Å². The quantitative estimate of drug-likeness (QED) is 0.456. The Morgan fingerprint density at radius 3 is 2.48 bits per heavy atom. The summed E-state index contributed by atoms with van der Waals surface area (Å²) in [4.78, 5) is 25.0. The highest BCUT2D eigenvalue weighted by Gasteiger charge is 2.29. The summed E-state index contributed by atoms with van der Waals surface area (Å²) in [6.07, 6.45) is 1.23. The number of carbonyl (C=O) groups is 1. The highest BCUT2D eigenvalue weighted by molar-refractivity contribution is 5.76. The monoisotopic (exact) mass is 453 g/mol. The number of nitrogens with one attached hydrogen (secondary N) is 2. The van der Waals surface area contributed by atoms with Crippen LogP contribution in [0.25, 0.3) is 0 Å². The fourth-order valence-electron chi connectivity index (χ4n) is 4.36. The van der Waals surface area contributed by atoms with Crippen LogP contribution in [0.4, 0.5) is 0 Å². The molecule has 0 saturated heterocycles. The molecule has 1 aromatic heterocycles. The van der Waals surface area contributed by atoms with Gasteiger partial charge >= 0.3 is 0 Å². The average molecular weight is 453 g/mol. The van der Waals surface area contributed by atoms with Crippen molar-refractivity contribution in [2.24, 2.45) is 5.73 Å². The first-order valence-electron chi connectivity index (χ1n) is 10.6. The molecule has 1 aliphatic rings. The fourth-order valence-corrected chi connectivity index (χ4v) is 4.36. The van der Waals surface area contributed by atoms with Crippen LogP contribution in [-0.2, 0) is 17.6 Å². The van der Waals surface area contributed by atoms with E-state index in [9.17, 15) is 9.59 Å². The van der Waals surface area contributed by atoms with Crippen LogP contribution < -0.4 is 30.2 Å². The molecule has 33 heavy (non-hydrogen) atoms. The summed E-state index contributed by atoms with van der Waals surface area (Å²) in [5, 5.41) is 5.65. The van der Waals surface area contributed by atoms with Crippen molar-refractivity contribution in [2.45, 2.75) is 25.2 Å². The zero-order chi connectivity index (χ0) is 23.5. The smallest absolute Gasteiger partial charge is 0.267 e. The summed E-state index contributed by atoms with van der Waals surface area (Å²) >= 11 is 0. The number of hydrogen-bond donors (Lipinski definition) is 3. The van der Waals surface area contributed by atoms with E-state index in [-0.39, 0.29) is 12.0 Å². The van der Waals surface area contributed by atoms with Crippen LogP contribution in [0.3, 0.4) is 0 Å². The van der Waals surface area contributed by atoms with Crippen molar-refractivity contribution in [1.29, 1.82) is 0 Å². The lowest BCUT2D eigenvalue weighted by molar-refractivity contribution is -0.118. The summed E-state index contributed by atoms with van der Waals surface area (Å²) < 4.78 is 22.0. The number of carbonyl (C=O) groups excluding carboxylic acids is 1. The third kappa shape index (κ3) is 4.39. The summed E-state index contributed by atoms with van der Waals surface area (Å²) in [6.45, 7) is 0.671. The number of amides is 1. The fraction of sp³-hybridized carbons (Fsp3) is 0.333. The topological polar surface area (TPSA) is 129 Å². The van der Waals surface area contributed by atoms with Crippen LogP contribution >= 0.6 is 0 Å². The summed E-state index contributed by atoms with van der Waals surface area (Å²) in [7, 11) is 4.55. The molecule has 0 aliphatic carbocycles. The third-order valence-electron chi connectivity index (χ3n) is 5.90. The Hall–Kier alpha value is -3.88. The first-order chi connectivity index (χ1) is 15.9. The average Bonchev–Trinajstić information content (AvgIpc) is 3.42. The van der Waals surface area contributed by atoms with E-state index in [0.717, 1.165) is 23.3 Å².